The Kier molecular flexibility index (Phi) is 17.0. The van der Waals surface area contributed by atoms with E-state index in [4.69, 9.17) is 12.6 Å². The summed E-state index contributed by atoms with van der Waals surface area (Å²) in [5, 5.41) is 0.661. The molecule has 1 heteroatoms. The molecule has 0 nitrogen and oxygen atoms in total. The van der Waals surface area contributed by atoms with Crippen molar-refractivity contribution in [2.24, 2.45) is 5.92 Å². The number of rotatable bonds is 16. The third-order valence-electron chi connectivity index (χ3n) is 4.46. The van der Waals surface area contributed by atoms with Gasteiger partial charge in [-0.3, -0.25) is 0 Å². The minimum atomic E-state index is 0.661. The minimum Gasteiger partial charge on any atom is -0.176 e. The predicted octanol–water partition coefficient (Wildman–Crippen LogP) is 7.81. The van der Waals surface area contributed by atoms with E-state index < -0.39 is 0 Å². The lowest BCUT2D eigenvalue weighted by Gasteiger charge is -2.10. The maximum absolute atomic E-state index is 4.75. The van der Waals surface area contributed by atoms with Crippen molar-refractivity contribution in [3.63, 3.8) is 0 Å². The van der Waals surface area contributed by atoms with Gasteiger partial charge in [0, 0.05) is 5.25 Å². The molecule has 1 atom stereocenters. The van der Waals surface area contributed by atoms with Crippen molar-refractivity contribution in [1.29, 1.82) is 0 Å². The first-order valence-corrected chi connectivity index (χ1v) is 10.4. The number of unbranched alkanes of at least 4 members (excludes halogenated alkanes) is 10. The summed E-state index contributed by atoms with van der Waals surface area (Å²) in [5.41, 5.74) is 0. The SMILES string of the molecule is CCCCCCCCCCCC(S)CCCCCC(C)C. The van der Waals surface area contributed by atoms with E-state index in [1.54, 1.807) is 0 Å². The Morgan fingerprint density at radius 2 is 0.952 bits per heavy atom. The molecule has 0 bridgehead atoms. The molecule has 0 aliphatic carbocycles. The quantitative estimate of drug-likeness (QED) is 0.218. The highest BCUT2D eigenvalue weighted by atomic mass is 32.1. The van der Waals surface area contributed by atoms with Crippen LogP contribution in [-0.2, 0) is 0 Å². The Labute approximate surface area is 141 Å². The first kappa shape index (κ1) is 21.4. The summed E-state index contributed by atoms with van der Waals surface area (Å²) in [6, 6.07) is 0. The summed E-state index contributed by atoms with van der Waals surface area (Å²) in [4.78, 5) is 0. The Morgan fingerprint density at radius 3 is 1.43 bits per heavy atom. The van der Waals surface area contributed by atoms with Crippen LogP contribution in [0.1, 0.15) is 117 Å². The van der Waals surface area contributed by atoms with Crippen molar-refractivity contribution in [2.75, 3.05) is 0 Å². The lowest BCUT2D eigenvalue weighted by atomic mass is 10.0. The van der Waals surface area contributed by atoms with Crippen molar-refractivity contribution < 1.29 is 0 Å². The molecule has 0 aliphatic heterocycles. The third kappa shape index (κ3) is 18.3. The van der Waals surface area contributed by atoms with Crippen LogP contribution >= 0.6 is 12.6 Å². The van der Waals surface area contributed by atoms with Crippen LogP contribution in [0.5, 0.6) is 0 Å². The molecule has 0 aromatic rings. The maximum Gasteiger partial charge on any atom is 0.00168 e. The molecule has 0 saturated heterocycles. The zero-order chi connectivity index (χ0) is 15.8. The highest BCUT2D eigenvalue weighted by Crippen LogP contribution is 2.18. The summed E-state index contributed by atoms with van der Waals surface area (Å²) in [6.45, 7) is 6.94. The Bertz CT molecular complexity index is 188. The smallest absolute Gasteiger partial charge is 0.00168 e. The van der Waals surface area contributed by atoms with Gasteiger partial charge in [0.05, 0.1) is 0 Å². The van der Waals surface area contributed by atoms with Crippen molar-refractivity contribution in [1.82, 2.24) is 0 Å². The lowest BCUT2D eigenvalue weighted by Crippen LogP contribution is -1.99. The van der Waals surface area contributed by atoms with Crippen LogP contribution in [0.25, 0.3) is 0 Å². The van der Waals surface area contributed by atoms with Gasteiger partial charge < -0.3 is 0 Å². The van der Waals surface area contributed by atoms with Gasteiger partial charge in [-0.15, -0.1) is 0 Å². The summed E-state index contributed by atoms with van der Waals surface area (Å²) in [7, 11) is 0. The second kappa shape index (κ2) is 16.7. The van der Waals surface area contributed by atoms with Crippen LogP contribution < -0.4 is 0 Å². The van der Waals surface area contributed by atoms with Crippen LogP contribution in [0.2, 0.25) is 0 Å². The molecule has 0 heterocycles. The van der Waals surface area contributed by atoms with E-state index in [9.17, 15) is 0 Å². The Balaban J connectivity index is 3.14. The van der Waals surface area contributed by atoms with Gasteiger partial charge in [-0.05, 0) is 18.8 Å². The molecular formula is C20H42S. The van der Waals surface area contributed by atoms with E-state index in [1.807, 2.05) is 0 Å². The van der Waals surface area contributed by atoms with Gasteiger partial charge in [0.25, 0.3) is 0 Å². The van der Waals surface area contributed by atoms with Crippen LogP contribution in [-0.4, -0.2) is 5.25 Å². The molecule has 21 heavy (non-hydrogen) atoms. The van der Waals surface area contributed by atoms with E-state index in [0.29, 0.717) is 5.25 Å². The molecule has 1 unspecified atom stereocenters. The molecule has 0 fully saturated rings. The molecule has 0 amide bonds. The Morgan fingerprint density at radius 1 is 0.571 bits per heavy atom. The minimum absolute atomic E-state index is 0.661. The van der Waals surface area contributed by atoms with Gasteiger partial charge in [-0.1, -0.05) is 104 Å². The number of thiol groups is 1. The molecule has 0 radical (unpaired) electrons. The first-order chi connectivity index (χ1) is 10.2. The van der Waals surface area contributed by atoms with E-state index in [-0.39, 0.29) is 0 Å². The van der Waals surface area contributed by atoms with Crippen LogP contribution in [0.15, 0.2) is 0 Å². The second-order valence-corrected chi connectivity index (χ2v) is 8.03. The fraction of sp³-hybridized carbons (Fsp3) is 1.00. The highest BCUT2D eigenvalue weighted by Gasteiger charge is 2.03. The van der Waals surface area contributed by atoms with Crippen LogP contribution in [0, 0.1) is 5.92 Å². The summed E-state index contributed by atoms with van der Waals surface area (Å²) in [6.07, 6.45) is 21.2. The van der Waals surface area contributed by atoms with Gasteiger partial charge in [0.1, 0.15) is 0 Å². The average molecular weight is 315 g/mol. The predicted molar refractivity (Wildman–Crippen MR) is 103 cm³/mol. The van der Waals surface area contributed by atoms with Crippen LogP contribution in [0.4, 0.5) is 0 Å². The third-order valence-corrected chi connectivity index (χ3v) is 4.98. The molecule has 0 aromatic heterocycles. The lowest BCUT2D eigenvalue weighted by molar-refractivity contribution is 0.507. The molecule has 0 spiro atoms. The van der Waals surface area contributed by atoms with Gasteiger partial charge >= 0.3 is 0 Å². The van der Waals surface area contributed by atoms with E-state index in [1.165, 1.54) is 96.3 Å². The van der Waals surface area contributed by atoms with E-state index >= 15 is 0 Å². The molecule has 0 rings (SSSR count). The number of hydrogen-bond acceptors (Lipinski definition) is 1. The summed E-state index contributed by atoms with van der Waals surface area (Å²) in [5.74, 6) is 0.874. The summed E-state index contributed by atoms with van der Waals surface area (Å²) < 4.78 is 0. The Hall–Kier alpha value is 0.350. The van der Waals surface area contributed by atoms with Gasteiger partial charge in [0.15, 0.2) is 0 Å². The van der Waals surface area contributed by atoms with Crippen LogP contribution in [0.3, 0.4) is 0 Å². The average Bonchev–Trinajstić information content (AvgIpc) is 2.45. The van der Waals surface area contributed by atoms with Gasteiger partial charge in [0.2, 0.25) is 0 Å². The normalized spacial score (nSPS) is 13.0. The fourth-order valence-corrected chi connectivity index (χ4v) is 3.31. The van der Waals surface area contributed by atoms with Gasteiger partial charge in [-0.2, -0.15) is 12.6 Å². The van der Waals surface area contributed by atoms with Crippen molar-refractivity contribution in [2.45, 2.75) is 122 Å². The highest BCUT2D eigenvalue weighted by molar-refractivity contribution is 7.80. The molecule has 0 saturated carbocycles. The summed E-state index contributed by atoms with van der Waals surface area (Å²) >= 11 is 4.75. The van der Waals surface area contributed by atoms with Crippen molar-refractivity contribution in [3.8, 4) is 0 Å². The van der Waals surface area contributed by atoms with E-state index in [0.717, 1.165) is 5.92 Å². The monoisotopic (exact) mass is 314 g/mol. The fourth-order valence-electron chi connectivity index (χ4n) is 2.94. The second-order valence-electron chi connectivity index (χ2n) is 7.30. The van der Waals surface area contributed by atoms with E-state index in [2.05, 4.69) is 20.8 Å². The number of hydrogen-bond donors (Lipinski definition) is 1. The molecule has 0 aromatic carbocycles. The zero-order valence-corrected chi connectivity index (χ0v) is 16.1. The topological polar surface area (TPSA) is 0 Å². The molecule has 128 valence electrons. The molecular weight excluding hydrogens is 272 g/mol. The maximum atomic E-state index is 4.75. The molecule has 0 aliphatic rings. The first-order valence-electron chi connectivity index (χ1n) is 9.84. The molecule has 0 N–H and O–H groups in total. The largest absolute Gasteiger partial charge is 0.176 e. The van der Waals surface area contributed by atoms with Crippen molar-refractivity contribution in [3.05, 3.63) is 0 Å². The zero-order valence-electron chi connectivity index (χ0n) is 15.2. The van der Waals surface area contributed by atoms with Gasteiger partial charge in [-0.25, -0.2) is 0 Å². The standard InChI is InChI=1S/C20H42S/c1-4-5-6-7-8-9-10-11-14-17-20(21)18-15-12-13-16-19(2)3/h19-21H,4-18H2,1-3H3. The van der Waals surface area contributed by atoms with Crippen molar-refractivity contribution >= 4 is 12.6 Å².